The number of ether oxygens (including phenoxy) is 1. The Morgan fingerprint density at radius 2 is 2.00 bits per heavy atom. The van der Waals surface area contributed by atoms with Crippen LogP contribution in [0.15, 0.2) is 0 Å². The summed E-state index contributed by atoms with van der Waals surface area (Å²) >= 11 is 1.43. The number of nitrogen functional groups attached to an aromatic ring is 1. The van der Waals surface area contributed by atoms with Crippen molar-refractivity contribution in [3.63, 3.8) is 0 Å². The minimum atomic E-state index is 0.500. The van der Waals surface area contributed by atoms with E-state index >= 15 is 0 Å². The molecular formula is C13H26N4OS. The fourth-order valence-corrected chi connectivity index (χ4v) is 2.60. The van der Waals surface area contributed by atoms with Crippen molar-refractivity contribution >= 4 is 22.4 Å². The number of hydrogen-bond donors (Lipinski definition) is 1. The zero-order valence-electron chi connectivity index (χ0n) is 12.6. The number of anilines is 2. The number of aromatic nitrogens is 1. The third-order valence-corrected chi connectivity index (χ3v) is 3.54. The Morgan fingerprint density at radius 1 is 1.32 bits per heavy atom. The maximum atomic E-state index is 5.89. The molecule has 0 fully saturated rings. The van der Waals surface area contributed by atoms with E-state index in [-0.39, 0.29) is 0 Å². The fourth-order valence-electron chi connectivity index (χ4n) is 1.80. The molecule has 1 heterocycles. The van der Waals surface area contributed by atoms with Crippen LogP contribution < -0.4 is 15.4 Å². The Kier molecular flexibility index (Phi) is 6.37. The Balaban J connectivity index is 2.89. The third-order valence-electron chi connectivity index (χ3n) is 2.64. The largest absolute Gasteiger partial charge is 0.487 e. The molecular weight excluding hydrogens is 260 g/mol. The molecule has 1 aromatic rings. The second-order valence-electron chi connectivity index (χ2n) is 5.28. The smallest absolute Gasteiger partial charge is 0.197 e. The molecule has 0 unspecified atom stereocenters. The van der Waals surface area contributed by atoms with Crippen LogP contribution >= 0.6 is 11.5 Å². The average molecular weight is 286 g/mol. The van der Waals surface area contributed by atoms with E-state index in [0.29, 0.717) is 18.3 Å². The molecule has 0 amide bonds. The van der Waals surface area contributed by atoms with E-state index in [1.807, 2.05) is 6.92 Å². The molecule has 6 heteroatoms. The van der Waals surface area contributed by atoms with Gasteiger partial charge in [-0.15, -0.1) is 0 Å². The highest BCUT2D eigenvalue weighted by molar-refractivity contribution is 7.11. The molecule has 0 aliphatic carbocycles. The van der Waals surface area contributed by atoms with Gasteiger partial charge in [-0.25, -0.2) is 0 Å². The number of nitrogens with zero attached hydrogens (tertiary/aromatic N) is 3. The van der Waals surface area contributed by atoms with Crippen molar-refractivity contribution < 1.29 is 4.74 Å². The zero-order chi connectivity index (χ0) is 14.4. The van der Waals surface area contributed by atoms with Crippen LogP contribution in [0, 0.1) is 5.92 Å². The first-order valence-electron chi connectivity index (χ1n) is 6.73. The van der Waals surface area contributed by atoms with Crippen molar-refractivity contribution in [3.8, 4) is 5.75 Å². The van der Waals surface area contributed by atoms with Crippen LogP contribution in [0.25, 0.3) is 0 Å². The number of hydrogen-bond acceptors (Lipinski definition) is 6. The molecule has 110 valence electrons. The van der Waals surface area contributed by atoms with E-state index in [1.165, 1.54) is 11.5 Å². The summed E-state index contributed by atoms with van der Waals surface area (Å²) in [4.78, 5) is 4.50. The van der Waals surface area contributed by atoms with Crippen LogP contribution in [0.4, 0.5) is 10.8 Å². The first-order valence-corrected chi connectivity index (χ1v) is 7.50. The summed E-state index contributed by atoms with van der Waals surface area (Å²) in [6.07, 6.45) is 0. The van der Waals surface area contributed by atoms with E-state index in [9.17, 15) is 0 Å². The predicted octanol–water partition coefficient (Wildman–Crippen LogP) is 2.15. The second kappa shape index (κ2) is 7.55. The lowest BCUT2D eigenvalue weighted by molar-refractivity contribution is 0.341. The summed E-state index contributed by atoms with van der Waals surface area (Å²) in [6.45, 7) is 9.94. The van der Waals surface area contributed by atoms with Crippen LogP contribution in [0.3, 0.4) is 0 Å². The van der Waals surface area contributed by atoms with Gasteiger partial charge in [-0.2, -0.15) is 4.37 Å². The van der Waals surface area contributed by atoms with Crippen LogP contribution in [-0.2, 0) is 0 Å². The Bertz CT molecular complexity index is 379. The van der Waals surface area contributed by atoms with Crippen molar-refractivity contribution in [1.29, 1.82) is 0 Å². The predicted molar refractivity (Wildman–Crippen MR) is 83.3 cm³/mol. The van der Waals surface area contributed by atoms with E-state index in [2.05, 4.69) is 42.1 Å². The summed E-state index contributed by atoms with van der Waals surface area (Å²) in [5.41, 5.74) is 5.89. The number of rotatable bonds is 8. The SMILES string of the molecule is CCOc1c(N)nsc1N(CCN(C)C)CC(C)C. The molecule has 0 bridgehead atoms. The minimum absolute atomic E-state index is 0.500. The molecule has 19 heavy (non-hydrogen) atoms. The monoisotopic (exact) mass is 286 g/mol. The quantitative estimate of drug-likeness (QED) is 0.793. The van der Waals surface area contributed by atoms with E-state index in [4.69, 9.17) is 10.5 Å². The molecule has 2 N–H and O–H groups in total. The van der Waals surface area contributed by atoms with E-state index in [1.54, 1.807) is 0 Å². The zero-order valence-corrected chi connectivity index (χ0v) is 13.5. The maximum absolute atomic E-state index is 5.89. The van der Waals surface area contributed by atoms with Gasteiger partial charge in [-0.1, -0.05) is 13.8 Å². The van der Waals surface area contributed by atoms with Gasteiger partial charge in [-0.05, 0) is 38.5 Å². The van der Waals surface area contributed by atoms with Gasteiger partial charge in [-0.3, -0.25) is 0 Å². The number of nitrogens with two attached hydrogens (primary N) is 1. The lowest BCUT2D eigenvalue weighted by Crippen LogP contribution is -2.34. The van der Waals surface area contributed by atoms with Crippen molar-refractivity contribution in [2.75, 3.05) is 51.0 Å². The van der Waals surface area contributed by atoms with Gasteiger partial charge in [0.1, 0.15) is 0 Å². The molecule has 0 radical (unpaired) electrons. The highest BCUT2D eigenvalue weighted by Gasteiger charge is 2.19. The van der Waals surface area contributed by atoms with E-state index < -0.39 is 0 Å². The molecule has 1 aromatic heterocycles. The molecule has 0 aliphatic rings. The maximum Gasteiger partial charge on any atom is 0.197 e. The topological polar surface area (TPSA) is 54.6 Å². The highest BCUT2D eigenvalue weighted by atomic mass is 32.1. The molecule has 0 atom stereocenters. The average Bonchev–Trinajstić information content (AvgIpc) is 2.67. The Labute approximate surface area is 120 Å². The minimum Gasteiger partial charge on any atom is -0.487 e. The Morgan fingerprint density at radius 3 is 2.53 bits per heavy atom. The van der Waals surface area contributed by atoms with E-state index in [0.717, 1.165) is 30.4 Å². The van der Waals surface area contributed by atoms with Gasteiger partial charge >= 0.3 is 0 Å². The van der Waals surface area contributed by atoms with Crippen LogP contribution in [0.1, 0.15) is 20.8 Å². The second-order valence-corrected chi connectivity index (χ2v) is 6.03. The lowest BCUT2D eigenvalue weighted by atomic mass is 10.2. The normalized spacial score (nSPS) is 11.3. The summed E-state index contributed by atoms with van der Waals surface area (Å²) < 4.78 is 9.87. The summed E-state index contributed by atoms with van der Waals surface area (Å²) in [5, 5.41) is 1.05. The van der Waals surface area contributed by atoms with Crippen LogP contribution in [0.5, 0.6) is 5.75 Å². The molecule has 0 spiro atoms. The lowest BCUT2D eigenvalue weighted by Gasteiger charge is -2.27. The van der Waals surface area contributed by atoms with Gasteiger partial charge in [0.25, 0.3) is 0 Å². The molecule has 0 saturated carbocycles. The van der Waals surface area contributed by atoms with Crippen LogP contribution in [-0.4, -0.2) is 49.6 Å². The summed E-state index contributed by atoms with van der Waals surface area (Å²) in [5.74, 6) is 1.83. The van der Waals surface area contributed by atoms with Crippen molar-refractivity contribution in [2.45, 2.75) is 20.8 Å². The molecule has 0 aliphatic heterocycles. The third kappa shape index (κ3) is 4.87. The Hall–Kier alpha value is -1.01. The summed E-state index contributed by atoms with van der Waals surface area (Å²) in [7, 11) is 4.16. The molecule has 0 aromatic carbocycles. The van der Waals surface area contributed by atoms with Crippen LogP contribution in [0.2, 0.25) is 0 Å². The van der Waals surface area contributed by atoms with Crippen molar-refractivity contribution in [2.24, 2.45) is 5.92 Å². The van der Waals surface area contributed by atoms with Gasteiger partial charge in [0.2, 0.25) is 0 Å². The van der Waals surface area contributed by atoms with Gasteiger partial charge in [0, 0.05) is 19.6 Å². The van der Waals surface area contributed by atoms with Gasteiger partial charge < -0.3 is 20.3 Å². The summed E-state index contributed by atoms with van der Waals surface area (Å²) in [6, 6.07) is 0. The van der Waals surface area contributed by atoms with Crippen molar-refractivity contribution in [1.82, 2.24) is 9.27 Å². The molecule has 0 saturated heterocycles. The first-order chi connectivity index (χ1) is 8.95. The molecule has 5 nitrogen and oxygen atoms in total. The molecule has 1 rings (SSSR count). The number of likely N-dealkylation sites (N-methyl/N-ethyl adjacent to an activating group) is 1. The fraction of sp³-hybridized carbons (Fsp3) is 0.769. The van der Waals surface area contributed by atoms with Gasteiger partial charge in [0.05, 0.1) is 6.61 Å². The standard InChI is InChI=1S/C13H26N4OS/c1-6-18-11-12(14)15-19-13(11)17(9-10(2)3)8-7-16(4)5/h10H,6-9H2,1-5H3,(H2,14,15). The van der Waals surface area contributed by atoms with Gasteiger partial charge in [0.15, 0.2) is 16.6 Å². The highest BCUT2D eigenvalue weighted by Crippen LogP contribution is 2.38. The van der Waals surface area contributed by atoms with Crippen molar-refractivity contribution in [3.05, 3.63) is 0 Å². The first kappa shape index (κ1) is 16.0.